The van der Waals surface area contributed by atoms with Crippen LogP contribution in [0.15, 0.2) is 59.1 Å². The van der Waals surface area contributed by atoms with Gasteiger partial charge < -0.3 is 14.6 Å². The number of nitrogens with one attached hydrogen (secondary N) is 1. The Labute approximate surface area is 187 Å². The molecule has 1 amide bonds. The second kappa shape index (κ2) is 9.98. The number of amides is 1. The Hall–Kier alpha value is -2.83. The van der Waals surface area contributed by atoms with Gasteiger partial charge in [-0.15, -0.1) is 0 Å². The van der Waals surface area contributed by atoms with Crippen LogP contribution in [0.2, 0.25) is 5.02 Å². The third kappa shape index (κ3) is 5.27. The number of rotatable bonds is 7. The number of carbonyl (C=O) groups excluding carboxylic acids is 1. The molecule has 1 aliphatic rings. The molecule has 2 heterocycles. The van der Waals surface area contributed by atoms with E-state index in [4.69, 9.17) is 20.9 Å². The second-order valence-electron chi connectivity index (χ2n) is 7.68. The minimum atomic E-state index is -0.250. The molecule has 1 atom stereocenters. The summed E-state index contributed by atoms with van der Waals surface area (Å²) in [6.45, 7) is 2.54. The lowest BCUT2D eigenvalue weighted by Gasteiger charge is -2.35. The number of ether oxygens (including phenoxy) is 1. The third-order valence-corrected chi connectivity index (χ3v) is 5.91. The van der Waals surface area contributed by atoms with Crippen molar-refractivity contribution in [2.75, 3.05) is 26.7 Å². The fraction of sp³-hybridized carbons (Fsp3) is 0.333. The van der Waals surface area contributed by atoms with Crippen molar-refractivity contribution in [2.24, 2.45) is 0 Å². The summed E-state index contributed by atoms with van der Waals surface area (Å²) < 4.78 is 10.7. The molecule has 2 aromatic carbocycles. The molecule has 1 aliphatic heterocycles. The normalized spacial score (nSPS) is 15.4. The zero-order valence-electron chi connectivity index (χ0n) is 17.5. The third-order valence-electron chi connectivity index (χ3n) is 5.66. The smallest absolute Gasteiger partial charge is 0.273 e. The van der Waals surface area contributed by atoms with E-state index in [1.165, 1.54) is 19.3 Å². The fourth-order valence-electron chi connectivity index (χ4n) is 3.93. The molecule has 1 saturated heterocycles. The van der Waals surface area contributed by atoms with Crippen LogP contribution in [0.25, 0.3) is 11.3 Å². The van der Waals surface area contributed by atoms with Gasteiger partial charge >= 0.3 is 0 Å². The molecule has 0 aliphatic carbocycles. The number of benzene rings is 2. The standard InChI is InChI=1S/C24H26ClN3O3/c1-30-20-11-7-17(8-12-20)22(28-13-3-2-4-14-28)16-26-24(29)21-15-23(31-27-21)18-5-9-19(25)10-6-18/h5-12,15,22H,2-4,13-14,16H2,1H3,(H,26,29)/t22-/m0/s1. The molecule has 6 nitrogen and oxygen atoms in total. The van der Waals surface area contributed by atoms with Gasteiger partial charge in [0.1, 0.15) is 5.75 Å². The number of halogens is 1. The van der Waals surface area contributed by atoms with Crippen LogP contribution in [0.4, 0.5) is 0 Å². The van der Waals surface area contributed by atoms with Crippen molar-refractivity contribution in [3.05, 3.63) is 70.9 Å². The van der Waals surface area contributed by atoms with E-state index in [0.29, 0.717) is 17.3 Å². The van der Waals surface area contributed by atoms with Gasteiger partial charge in [-0.25, -0.2) is 0 Å². The van der Waals surface area contributed by atoms with Gasteiger partial charge in [-0.1, -0.05) is 35.3 Å². The van der Waals surface area contributed by atoms with Crippen LogP contribution in [-0.2, 0) is 0 Å². The van der Waals surface area contributed by atoms with Gasteiger partial charge in [0.15, 0.2) is 11.5 Å². The molecule has 1 N–H and O–H groups in total. The Morgan fingerprint density at radius 1 is 1.13 bits per heavy atom. The fourth-order valence-corrected chi connectivity index (χ4v) is 4.05. The predicted molar refractivity (Wildman–Crippen MR) is 120 cm³/mol. The van der Waals surface area contributed by atoms with Crippen molar-refractivity contribution < 1.29 is 14.1 Å². The van der Waals surface area contributed by atoms with Crippen LogP contribution in [-0.4, -0.2) is 42.7 Å². The van der Waals surface area contributed by atoms with Crippen molar-refractivity contribution in [3.8, 4) is 17.1 Å². The maximum Gasteiger partial charge on any atom is 0.273 e. The highest BCUT2D eigenvalue weighted by Gasteiger charge is 2.24. The van der Waals surface area contributed by atoms with Gasteiger partial charge in [0.25, 0.3) is 5.91 Å². The number of aromatic nitrogens is 1. The number of methoxy groups -OCH3 is 1. The van der Waals surface area contributed by atoms with E-state index in [2.05, 4.69) is 27.5 Å². The summed E-state index contributed by atoms with van der Waals surface area (Å²) in [5.74, 6) is 1.10. The quantitative estimate of drug-likeness (QED) is 0.563. The lowest BCUT2D eigenvalue weighted by atomic mass is 10.0. The van der Waals surface area contributed by atoms with Gasteiger partial charge in [-0.3, -0.25) is 9.69 Å². The lowest BCUT2D eigenvalue weighted by molar-refractivity contribution is 0.0915. The topological polar surface area (TPSA) is 67.6 Å². The first-order valence-corrected chi connectivity index (χ1v) is 10.9. The summed E-state index contributed by atoms with van der Waals surface area (Å²) in [5.41, 5.74) is 2.24. The zero-order valence-corrected chi connectivity index (χ0v) is 18.3. The number of carbonyl (C=O) groups is 1. The number of nitrogens with zero attached hydrogens (tertiary/aromatic N) is 2. The van der Waals surface area contributed by atoms with E-state index in [-0.39, 0.29) is 17.6 Å². The Balaban J connectivity index is 1.46. The molecule has 0 spiro atoms. The van der Waals surface area contributed by atoms with E-state index >= 15 is 0 Å². The molecular weight excluding hydrogens is 414 g/mol. The van der Waals surface area contributed by atoms with Gasteiger partial charge in [-0.05, 0) is 67.9 Å². The summed E-state index contributed by atoms with van der Waals surface area (Å²) in [4.78, 5) is 15.2. The largest absolute Gasteiger partial charge is 0.497 e. The average molecular weight is 440 g/mol. The Morgan fingerprint density at radius 2 is 1.84 bits per heavy atom. The van der Waals surface area contributed by atoms with Crippen LogP contribution in [0, 0.1) is 0 Å². The summed E-state index contributed by atoms with van der Waals surface area (Å²) in [7, 11) is 1.66. The molecule has 31 heavy (non-hydrogen) atoms. The summed E-state index contributed by atoms with van der Waals surface area (Å²) in [6, 6.07) is 17.0. The van der Waals surface area contributed by atoms with Crippen LogP contribution in [0.1, 0.15) is 41.4 Å². The number of piperidine rings is 1. The minimum Gasteiger partial charge on any atom is -0.497 e. The summed E-state index contributed by atoms with van der Waals surface area (Å²) >= 11 is 5.94. The molecule has 4 rings (SSSR count). The van der Waals surface area contributed by atoms with Crippen LogP contribution < -0.4 is 10.1 Å². The molecule has 162 valence electrons. The van der Waals surface area contributed by atoms with Crippen molar-refractivity contribution in [3.63, 3.8) is 0 Å². The predicted octanol–water partition coefficient (Wildman–Crippen LogP) is 4.96. The number of hydrogen-bond acceptors (Lipinski definition) is 5. The Kier molecular flexibility index (Phi) is 6.89. The molecule has 0 saturated carbocycles. The molecular formula is C24H26ClN3O3. The van der Waals surface area contributed by atoms with E-state index in [1.807, 2.05) is 24.3 Å². The lowest BCUT2D eigenvalue weighted by Crippen LogP contribution is -2.40. The van der Waals surface area contributed by atoms with Crippen molar-refractivity contribution in [1.82, 2.24) is 15.4 Å². The molecule has 0 unspecified atom stereocenters. The molecule has 1 fully saturated rings. The Bertz CT molecular complexity index is 996. The monoisotopic (exact) mass is 439 g/mol. The van der Waals surface area contributed by atoms with E-state index < -0.39 is 0 Å². The van der Waals surface area contributed by atoms with Gasteiger partial charge in [0, 0.05) is 23.2 Å². The van der Waals surface area contributed by atoms with Crippen molar-refractivity contribution in [2.45, 2.75) is 25.3 Å². The van der Waals surface area contributed by atoms with Gasteiger partial charge in [0.2, 0.25) is 0 Å². The van der Waals surface area contributed by atoms with Crippen LogP contribution >= 0.6 is 11.6 Å². The summed E-state index contributed by atoms with van der Waals surface area (Å²) in [6.07, 6.45) is 3.60. The SMILES string of the molecule is COc1ccc([C@H](CNC(=O)c2cc(-c3ccc(Cl)cc3)on2)N2CCCCC2)cc1. The molecule has 0 radical (unpaired) electrons. The first kappa shape index (κ1) is 21.4. The Morgan fingerprint density at radius 3 is 2.52 bits per heavy atom. The second-order valence-corrected chi connectivity index (χ2v) is 8.12. The first-order valence-electron chi connectivity index (χ1n) is 10.5. The average Bonchev–Trinajstić information content (AvgIpc) is 3.31. The van der Waals surface area contributed by atoms with Crippen molar-refractivity contribution >= 4 is 17.5 Å². The van der Waals surface area contributed by atoms with Gasteiger partial charge in [0.05, 0.1) is 13.2 Å². The molecule has 0 bridgehead atoms. The molecule has 7 heteroatoms. The van der Waals surface area contributed by atoms with Crippen molar-refractivity contribution in [1.29, 1.82) is 0 Å². The zero-order chi connectivity index (χ0) is 21.6. The van der Waals surface area contributed by atoms with E-state index in [0.717, 1.165) is 30.0 Å². The molecule has 3 aromatic rings. The van der Waals surface area contributed by atoms with Crippen LogP contribution in [0.3, 0.4) is 0 Å². The first-order chi connectivity index (χ1) is 15.1. The number of hydrogen-bond donors (Lipinski definition) is 1. The highest BCUT2D eigenvalue weighted by atomic mass is 35.5. The summed E-state index contributed by atoms with van der Waals surface area (Å²) in [5, 5.41) is 7.63. The minimum absolute atomic E-state index is 0.0952. The van der Waals surface area contributed by atoms with Crippen LogP contribution in [0.5, 0.6) is 5.75 Å². The highest BCUT2D eigenvalue weighted by Crippen LogP contribution is 2.26. The number of likely N-dealkylation sites (tertiary alicyclic amines) is 1. The maximum absolute atomic E-state index is 12.8. The van der Waals surface area contributed by atoms with E-state index in [9.17, 15) is 4.79 Å². The van der Waals surface area contributed by atoms with Gasteiger partial charge in [-0.2, -0.15) is 0 Å². The molecule has 1 aromatic heterocycles. The highest BCUT2D eigenvalue weighted by molar-refractivity contribution is 6.30. The maximum atomic E-state index is 12.8. The van der Waals surface area contributed by atoms with E-state index in [1.54, 1.807) is 25.3 Å².